The number of aliphatic hydroxyl groups excluding tert-OH is 1. The van der Waals surface area contributed by atoms with E-state index in [0.29, 0.717) is 19.6 Å². The molecule has 24 heavy (non-hydrogen) atoms. The van der Waals surface area contributed by atoms with E-state index in [4.69, 9.17) is 4.74 Å². The quantitative estimate of drug-likeness (QED) is 0.921. The fraction of sp³-hybridized carbons (Fsp3) is 0.350. The Morgan fingerprint density at radius 2 is 1.71 bits per heavy atom. The largest absolute Gasteiger partial charge is 0.448 e. The predicted molar refractivity (Wildman–Crippen MR) is 91.9 cm³/mol. The molecule has 0 aromatic heterocycles. The minimum atomic E-state index is -0.453. The Kier molecular flexibility index (Phi) is 3.77. The lowest BCUT2D eigenvalue weighted by Gasteiger charge is -2.23. The van der Waals surface area contributed by atoms with Crippen LogP contribution in [-0.4, -0.2) is 41.4 Å². The summed E-state index contributed by atoms with van der Waals surface area (Å²) < 4.78 is 5.62. The van der Waals surface area contributed by atoms with E-state index in [-0.39, 0.29) is 18.1 Å². The summed E-state index contributed by atoms with van der Waals surface area (Å²) in [6, 6.07) is 16.4. The molecule has 1 N–H and O–H groups in total. The van der Waals surface area contributed by atoms with Crippen LogP contribution in [0.3, 0.4) is 0 Å². The number of ether oxygens (including phenoxy) is 1. The Morgan fingerprint density at radius 1 is 1.12 bits per heavy atom. The molecule has 1 heterocycles. The molecule has 1 aliphatic carbocycles. The van der Waals surface area contributed by atoms with Gasteiger partial charge in [-0.25, -0.2) is 4.79 Å². The SMILES string of the molecule is C[C@@H]1[C@H](O)CCN1C(=O)OCC1c2ccccc2-c2ccccc21. The van der Waals surface area contributed by atoms with Crippen LogP contribution in [0.15, 0.2) is 48.5 Å². The highest BCUT2D eigenvalue weighted by atomic mass is 16.6. The molecule has 2 aromatic rings. The number of benzene rings is 2. The normalized spacial score (nSPS) is 22.3. The smallest absolute Gasteiger partial charge is 0.410 e. The second kappa shape index (κ2) is 5.95. The number of fused-ring (bicyclic) bond motifs is 3. The van der Waals surface area contributed by atoms with Gasteiger partial charge in [-0.05, 0) is 35.6 Å². The van der Waals surface area contributed by atoms with Crippen molar-refractivity contribution in [1.82, 2.24) is 4.90 Å². The average molecular weight is 323 g/mol. The molecule has 0 saturated carbocycles. The van der Waals surface area contributed by atoms with Crippen molar-refractivity contribution in [1.29, 1.82) is 0 Å². The average Bonchev–Trinajstić information content (AvgIpc) is 3.11. The number of carbonyl (C=O) groups excluding carboxylic acids is 1. The minimum absolute atomic E-state index is 0.0733. The second-order valence-electron chi connectivity index (χ2n) is 6.59. The molecule has 0 unspecified atom stereocenters. The lowest BCUT2D eigenvalue weighted by Crippen LogP contribution is -2.38. The molecular formula is C20H21NO3. The predicted octanol–water partition coefficient (Wildman–Crippen LogP) is 3.39. The molecular weight excluding hydrogens is 302 g/mol. The maximum Gasteiger partial charge on any atom is 0.410 e. The molecule has 1 fully saturated rings. The monoisotopic (exact) mass is 323 g/mol. The van der Waals surface area contributed by atoms with Gasteiger partial charge in [-0.3, -0.25) is 0 Å². The highest BCUT2D eigenvalue weighted by Crippen LogP contribution is 2.44. The minimum Gasteiger partial charge on any atom is -0.448 e. The van der Waals surface area contributed by atoms with Crippen LogP contribution in [0.5, 0.6) is 0 Å². The summed E-state index contributed by atoms with van der Waals surface area (Å²) in [5.41, 5.74) is 4.86. The number of carbonyl (C=O) groups is 1. The molecule has 4 nitrogen and oxygen atoms in total. The van der Waals surface area contributed by atoms with E-state index in [2.05, 4.69) is 24.3 Å². The lowest BCUT2D eigenvalue weighted by molar-refractivity contribution is 0.0795. The molecule has 1 aliphatic heterocycles. The summed E-state index contributed by atoms with van der Waals surface area (Å²) in [6.45, 7) is 2.74. The molecule has 124 valence electrons. The molecule has 4 heteroatoms. The van der Waals surface area contributed by atoms with Crippen LogP contribution in [0, 0.1) is 0 Å². The van der Waals surface area contributed by atoms with E-state index in [1.807, 2.05) is 31.2 Å². The number of amides is 1. The maximum absolute atomic E-state index is 12.4. The molecule has 0 spiro atoms. The van der Waals surface area contributed by atoms with Gasteiger partial charge in [-0.2, -0.15) is 0 Å². The molecule has 2 aromatic carbocycles. The highest BCUT2D eigenvalue weighted by molar-refractivity contribution is 5.79. The zero-order valence-corrected chi connectivity index (χ0v) is 13.7. The summed E-state index contributed by atoms with van der Waals surface area (Å²) in [5.74, 6) is 0.0733. The molecule has 1 saturated heterocycles. The summed E-state index contributed by atoms with van der Waals surface area (Å²) in [7, 11) is 0. The molecule has 2 aliphatic rings. The van der Waals surface area contributed by atoms with Crippen molar-refractivity contribution in [2.75, 3.05) is 13.2 Å². The third-order valence-corrected chi connectivity index (χ3v) is 5.28. The van der Waals surface area contributed by atoms with Gasteiger partial charge in [0.1, 0.15) is 6.61 Å². The lowest BCUT2D eigenvalue weighted by atomic mass is 9.98. The first kappa shape index (κ1) is 15.2. The fourth-order valence-electron chi connectivity index (χ4n) is 3.86. The van der Waals surface area contributed by atoms with E-state index in [1.54, 1.807) is 4.90 Å². The standard InChI is InChI=1S/C20H21NO3/c1-13-19(22)10-11-21(13)20(23)24-12-18-16-8-4-2-6-14(16)15-7-3-5-9-17(15)18/h2-9,13,18-19,22H,10-12H2,1H3/t13-,19-/m1/s1. The first-order valence-electron chi connectivity index (χ1n) is 8.46. The van der Waals surface area contributed by atoms with Crippen LogP contribution in [-0.2, 0) is 4.74 Å². The third-order valence-electron chi connectivity index (χ3n) is 5.28. The Bertz CT molecular complexity index is 727. The van der Waals surface area contributed by atoms with Gasteiger partial charge in [0.05, 0.1) is 12.1 Å². The van der Waals surface area contributed by atoms with Gasteiger partial charge in [0.15, 0.2) is 0 Å². The van der Waals surface area contributed by atoms with Crippen molar-refractivity contribution >= 4 is 6.09 Å². The van der Waals surface area contributed by atoms with E-state index in [9.17, 15) is 9.90 Å². The van der Waals surface area contributed by atoms with E-state index >= 15 is 0 Å². The highest BCUT2D eigenvalue weighted by Gasteiger charge is 2.35. The number of hydrogen-bond acceptors (Lipinski definition) is 3. The molecule has 1 amide bonds. The van der Waals surface area contributed by atoms with Crippen LogP contribution < -0.4 is 0 Å². The Hall–Kier alpha value is -2.33. The van der Waals surface area contributed by atoms with Crippen molar-refractivity contribution in [3.8, 4) is 11.1 Å². The van der Waals surface area contributed by atoms with Crippen LogP contribution in [0.1, 0.15) is 30.4 Å². The van der Waals surface area contributed by atoms with Gasteiger partial charge in [0.2, 0.25) is 0 Å². The fourth-order valence-corrected chi connectivity index (χ4v) is 3.86. The van der Waals surface area contributed by atoms with Crippen molar-refractivity contribution in [3.05, 3.63) is 59.7 Å². The number of aliphatic hydroxyl groups is 1. The number of rotatable bonds is 2. The summed E-state index contributed by atoms with van der Waals surface area (Å²) in [4.78, 5) is 14.0. The van der Waals surface area contributed by atoms with Crippen LogP contribution >= 0.6 is 0 Å². The summed E-state index contributed by atoms with van der Waals surface area (Å²) in [5, 5.41) is 9.81. The Balaban J connectivity index is 1.54. The van der Waals surface area contributed by atoms with Crippen molar-refractivity contribution in [2.45, 2.75) is 31.4 Å². The van der Waals surface area contributed by atoms with Crippen molar-refractivity contribution in [3.63, 3.8) is 0 Å². The molecule has 4 rings (SSSR count). The van der Waals surface area contributed by atoms with Gasteiger partial charge < -0.3 is 14.7 Å². The van der Waals surface area contributed by atoms with Gasteiger partial charge in [-0.1, -0.05) is 48.5 Å². The van der Waals surface area contributed by atoms with Crippen molar-refractivity contribution < 1.29 is 14.6 Å². The number of nitrogens with zero attached hydrogens (tertiary/aromatic N) is 1. The van der Waals surface area contributed by atoms with E-state index in [0.717, 1.165) is 0 Å². The summed E-state index contributed by atoms with van der Waals surface area (Å²) in [6.07, 6.45) is -0.169. The van der Waals surface area contributed by atoms with E-state index in [1.165, 1.54) is 22.3 Å². The van der Waals surface area contributed by atoms with Gasteiger partial charge in [0.25, 0.3) is 0 Å². The van der Waals surface area contributed by atoms with E-state index < -0.39 is 6.10 Å². The molecule has 2 atom stereocenters. The Morgan fingerprint density at radius 3 is 2.25 bits per heavy atom. The zero-order chi connectivity index (χ0) is 16.7. The topological polar surface area (TPSA) is 49.8 Å². The first-order chi connectivity index (χ1) is 11.7. The summed E-state index contributed by atoms with van der Waals surface area (Å²) >= 11 is 0. The van der Waals surface area contributed by atoms with Gasteiger partial charge >= 0.3 is 6.09 Å². The third kappa shape index (κ3) is 2.38. The van der Waals surface area contributed by atoms with Crippen LogP contribution in [0.25, 0.3) is 11.1 Å². The second-order valence-corrected chi connectivity index (χ2v) is 6.59. The van der Waals surface area contributed by atoms with Crippen molar-refractivity contribution in [2.24, 2.45) is 0 Å². The first-order valence-corrected chi connectivity index (χ1v) is 8.46. The number of hydrogen-bond donors (Lipinski definition) is 1. The number of likely N-dealkylation sites (tertiary alicyclic amines) is 1. The van der Waals surface area contributed by atoms with Gasteiger partial charge in [-0.15, -0.1) is 0 Å². The Labute approximate surface area is 141 Å². The van der Waals surface area contributed by atoms with Crippen LogP contribution in [0.4, 0.5) is 4.79 Å². The zero-order valence-electron chi connectivity index (χ0n) is 13.7. The van der Waals surface area contributed by atoms with Crippen LogP contribution in [0.2, 0.25) is 0 Å². The maximum atomic E-state index is 12.4. The van der Waals surface area contributed by atoms with Gasteiger partial charge in [0, 0.05) is 12.5 Å². The molecule has 0 radical (unpaired) electrons. The molecule has 0 bridgehead atoms.